The van der Waals surface area contributed by atoms with Crippen molar-refractivity contribution in [1.82, 2.24) is 0 Å². The highest BCUT2D eigenvalue weighted by molar-refractivity contribution is 7.92. The molecule has 1 unspecified atom stereocenters. The molecule has 1 heterocycles. The monoisotopic (exact) mass is 246 g/mol. The Hall–Kier alpha value is -0.0900. The van der Waals surface area contributed by atoms with Crippen molar-refractivity contribution in [3.63, 3.8) is 0 Å². The van der Waals surface area contributed by atoms with Crippen LogP contribution in [0.3, 0.4) is 0 Å². The molecule has 0 bridgehead atoms. The minimum absolute atomic E-state index is 0.175. The van der Waals surface area contributed by atoms with E-state index >= 15 is 0 Å². The van der Waals surface area contributed by atoms with Gasteiger partial charge in [-0.05, 0) is 38.5 Å². The minimum atomic E-state index is -2.85. The molecule has 3 nitrogen and oxygen atoms in total. The summed E-state index contributed by atoms with van der Waals surface area (Å²) in [4.78, 5) is 0. The molecule has 0 spiro atoms. The Morgan fingerprint density at radius 3 is 2.44 bits per heavy atom. The van der Waals surface area contributed by atoms with Crippen LogP contribution < -0.4 is 0 Å². The summed E-state index contributed by atoms with van der Waals surface area (Å²) in [6.45, 7) is 0. The van der Waals surface area contributed by atoms with E-state index in [1.165, 1.54) is 0 Å². The molecule has 94 valence electrons. The zero-order valence-electron chi connectivity index (χ0n) is 9.82. The largest absolute Gasteiger partial charge is 0.390 e. The first-order valence-corrected chi connectivity index (χ1v) is 8.17. The van der Waals surface area contributed by atoms with Crippen molar-refractivity contribution in [2.24, 2.45) is 0 Å². The molecule has 1 aliphatic heterocycles. The topological polar surface area (TPSA) is 54.4 Å². The zero-order valence-corrected chi connectivity index (χ0v) is 10.6. The van der Waals surface area contributed by atoms with Crippen LogP contribution in [0.1, 0.15) is 57.8 Å². The van der Waals surface area contributed by atoms with E-state index in [-0.39, 0.29) is 5.25 Å². The highest BCUT2D eigenvalue weighted by Gasteiger charge is 2.35. The van der Waals surface area contributed by atoms with E-state index in [9.17, 15) is 13.5 Å². The lowest BCUT2D eigenvalue weighted by Crippen LogP contribution is -2.32. The number of aliphatic hydroxyl groups is 1. The zero-order chi connectivity index (χ0) is 11.6. The maximum Gasteiger partial charge on any atom is 0.153 e. The Morgan fingerprint density at radius 1 is 1.12 bits per heavy atom. The molecule has 0 aromatic heterocycles. The van der Waals surface area contributed by atoms with Gasteiger partial charge in [0.1, 0.15) is 0 Å². The Kier molecular flexibility index (Phi) is 3.59. The molecular weight excluding hydrogens is 224 g/mol. The van der Waals surface area contributed by atoms with E-state index in [1.54, 1.807) is 0 Å². The summed E-state index contributed by atoms with van der Waals surface area (Å²) in [5, 5.41) is 10.0. The molecule has 2 rings (SSSR count). The van der Waals surface area contributed by atoms with Gasteiger partial charge in [-0.15, -0.1) is 0 Å². The molecule has 2 fully saturated rings. The number of sulfone groups is 1. The summed E-state index contributed by atoms with van der Waals surface area (Å²) < 4.78 is 23.6. The van der Waals surface area contributed by atoms with Crippen molar-refractivity contribution >= 4 is 9.84 Å². The van der Waals surface area contributed by atoms with Crippen LogP contribution in [0.4, 0.5) is 0 Å². The van der Waals surface area contributed by atoms with Gasteiger partial charge in [-0.3, -0.25) is 0 Å². The van der Waals surface area contributed by atoms with E-state index < -0.39 is 15.4 Å². The van der Waals surface area contributed by atoms with Crippen LogP contribution in [-0.4, -0.2) is 30.1 Å². The third-order valence-electron chi connectivity index (χ3n) is 4.18. The average Bonchev–Trinajstić information content (AvgIpc) is 2.64. The first-order valence-electron chi connectivity index (χ1n) is 6.46. The lowest BCUT2D eigenvalue weighted by Gasteiger charge is -2.27. The van der Waals surface area contributed by atoms with Crippen molar-refractivity contribution < 1.29 is 13.5 Å². The van der Waals surface area contributed by atoms with Crippen LogP contribution in [0, 0.1) is 0 Å². The van der Waals surface area contributed by atoms with Gasteiger partial charge in [-0.1, -0.05) is 19.3 Å². The van der Waals surface area contributed by atoms with Gasteiger partial charge in [0.25, 0.3) is 0 Å². The van der Waals surface area contributed by atoms with Crippen LogP contribution in [0.25, 0.3) is 0 Å². The number of rotatable bonds is 3. The van der Waals surface area contributed by atoms with E-state index in [0.29, 0.717) is 18.6 Å². The van der Waals surface area contributed by atoms with Crippen LogP contribution in [0.5, 0.6) is 0 Å². The Labute approximate surface area is 98.2 Å². The fourth-order valence-electron chi connectivity index (χ4n) is 3.06. The summed E-state index contributed by atoms with van der Waals surface area (Å²) in [6, 6.07) is 0. The fourth-order valence-corrected chi connectivity index (χ4v) is 5.00. The maximum atomic E-state index is 11.8. The number of hydrogen-bond donors (Lipinski definition) is 1. The van der Waals surface area contributed by atoms with Crippen molar-refractivity contribution in [2.45, 2.75) is 68.6 Å². The molecule has 0 aromatic carbocycles. The Balaban J connectivity index is 1.89. The second kappa shape index (κ2) is 4.65. The smallest absolute Gasteiger partial charge is 0.153 e. The summed E-state index contributed by atoms with van der Waals surface area (Å²) in [5.74, 6) is 0.357. The van der Waals surface area contributed by atoms with E-state index in [1.807, 2.05) is 0 Å². The third-order valence-corrected chi connectivity index (χ3v) is 6.52. The molecule has 2 aliphatic rings. The van der Waals surface area contributed by atoms with Gasteiger partial charge in [0, 0.05) is 0 Å². The predicted octanol–water partition coefficient (Wildman–Crippen LogP) is 2.04. The van der Waals surface area contributed by atoms with Crippen molar-refractivity contribution in [1.29, 1.82) is 0 Å². The molecule has 1 saturated carbocycles. The van der Waals surface area contributed by atoms with E-state index in [4.69, 9.17) is 0 Å². The molecule has 1 aliphatic carbocycles. The fraction of sp³-hybridized carbons (Fsp3) is 1.00. The lowest BCUT2D eigenvalue weighted by molar-refractivity contribution is 0.0363. The first-order chi connectivity index (χ1) is 7.52. The second-order valence-corrected chi connectivity index (χ2v) is 7.86. The molecule has 0 radical (unpaired) electrons. The molecule has 0 amide bonds. The van der Waals surface area contributed by atoms with Gasteiger partial charge >= 0.3 is 0 Å². The maximum absolute atomic E-state index is 11.8. The van der Waals surface area contributed by atoms with Gasteiger partial charge in [0.15, 0.2) is 9.84 Å². The average molecular weight is 246 g/mol. The quantitative estimate of drug-likeness (QED) is 0.829. The predicted molar refractivity (Wildman–Crippen MR) is 64.1 cm³/mol. The second-order valence-electron chi connectivity index (χ2n) is 5.45. The highest BCUT2D eigenvalue weighted by Crippen LogP contribution is 2.35. The van der Waals surface area contributed by atoms with Crippen molar-refractivity contribution in [3.05, 3.63) is 0 Å². The molecule has 1 saturated heterocycles. The number of hydrogen-bond acceptors (Lipinski definition) is 3. The van der Waals surface area contributed by atoms with E-state index in [0.717, 1.165) is 44.9 Å². The molecule has 16 heavy (non-hydrogen) atoms. The Morgan fingerprint density at radius 2 is 1.81 bits per heavy atom. The molecule has 1 atom stereocenters. The first kappa shape index (κ1) is 12.4. The highest BCUT2D eigenvalue weighted by atomic mass is 32.2. The van der Waals surface area contributed by atoms with Crippen LogP contribution in [0.15, 0.2) is 0 Å². The summed E-state index contributed by atoms with van der Waals surface area (Å²) in [5.41, 5.74) is -0.549. The normalized spacial score (nSPS) is 32.7. The van der Waals surface area contributed by atoms with Gasteiger partial charge in [-0.2, -0.15) is 0 Å². The third kappa shape index (κ3) is 2.77. The van der Waals surface area contributed by atoms with Crippen LogP contribution in [0.2, 0.25) is 0 Å². The van der Waals surface area contributed by atoms with E-state index in [2.05, 4.69) is 0 Å². The SMILES string of the molecule is O=S1(=O)CCCCC1CCC1(O)CCCC1. The summed E-state index contributed by atoms with van der Waals surface area (Å²) >= 11 is 0. The van der Waals surface area contributed by atoms with Crippen LogP contribution in [-0.2, 0) is 9.84 Å². The van der Waals surface area contributed by atoms with Gasteiger partial charge in [-0.25, -0.2) is 8.42 Å². The van der Waals surface area contributed by atoms with Gasteiger partial charge in [0.2, 0.25) is 0 Å². The van der Waals surface area contributed by atoms with Crippen molar-refractivity contribution in [2.75, 3.05) is 5.75 Å². The van der Waals surface area contributed by atoms with Crippen LogP contribution >= 0.6 is 0 Å². The Bertz CT molecular complexity index is 328. The minimum Gasteiger partial charge on any atom is -0.390 e. The molecular formula is C12H22O3S. The lowest BCUT2D eigenvalue weighted by atomic mass is 9.94. The molecule has 1 N–H and O–H groups in total. The molecule has 4 heteroatoms. The molecule has 0 aromatic rings. The van der Waals surface area contributed by atoms with Gasteiger partial charge < -0.3 is 5.11 Å². The van der Waals surface area contributed by atoms with Gasteiger partial charge in [0.05, 0.1) is 16.6 Å². The summed E-state index contributed by atoms with van der Waals surface area (Å²) in [7, 11) is -2.85. The van der Waals surface area contributed by atoms with Crippen molar-refractivity contribution in [3.8, 4) is 0 Å². The summed E-state index contributed by atoms with van der Waals surface area (Å²) in [6.07, 6.45) is 7.90. The standard InChI is InChI=1S/C12H22O3S/c13-12(7-2-3-8-12)9-6-11-5-1-4-10-16(11,14)15/h11,13H,1-10H2.